The number of carbonyl (C=O) groups is 1. The number of carbonyl (C=O) groups excluding carboxylic acids is 1. The fourth-order valence-electron chi connectivity index (χ4n) is 1.15. The highest BCUT2D eigenvalue weighted by atomic mass is 16.2. The zero-order valence-electron chi connectivity index (χ0n) is 8.19. The van der Waals surface area contributed by atoms with Crippen LogP contribution in [0.1, 0.15) is 5.69 Å². The molecule has 0 atom stereocenters. The maximum atomic E-state index is 10.9. The van der Waals surface area contributed by atoms with Gasteiger partial charge >= 0.3 is 6.03 Å². The van der Waals surface area contributed by atoms with Crippen LogP contribution >= 0.6 is 0 Å². The van der Waals surface area contributed by atoms with Gasteiger partial charge in [0.25, 0.3) is 0 Å². The number of imidazole rings is 1. The Morgan fingerprint density at radius 3 is 2.86 bits per heavy atom. The number of amides is 1. The number of anilines is 1. The van der Waals surface area contributed by atoms with Crippen molar-refractivity contribution in [2.45, 2.75) is 6.92 Å². The highest BCUT2D eigenvalue weighted by molar-refractivity contribution is 5.76. The Balaban J connectivity index is 2.94. The third-order valence-corrected chi connectivity index (χ3v) is 1.82. The highest BCUT2D eigenvalue weighted by Gasteiger charge is 2.12. The van der Waals surface area contributed by atoms with E-state index in [4.69, 9.17) is 11.6 Å². The van der Waals surface area contributed by atoms with Crippen LogP contribution in [0.4, 0.5) is 10.6 Å². The summed E-state index contributed by atoms with van der Waals surface area (Å²) in [4.78, 5) is 14.9. The van der Waals surface area contributed by atoms with Crippen molar-refractivity contribution in [3.8, 4) is 0 Å². The van der Waals surface area contributed by atoms with Gasteiger partial charge in [-0.2, -0.15) is 0 Å². The summed E-state index contributed by atoms with van der Waals surface area (Å²) in [7, 11) is 1.76. The number of primary amides is 1. The second kappa shape index (κ2) is 4.07. The van der Waals surface area contributed by atoms with E-state index in [-0.39, 0.29) is 0 Å². The van der Waals surface area contributed by atoms with Crippen LogP contribution in [-0.2, 0) is 0 Å². The van der Waals surface area contributed by atoms with E-state index in [1.54, 1.807) is 14.0 Å². The molecule has 0 unspecified atom stereocenters. The standard InChI is InChI=1S/C7H14N6O/c1-5-6(13(9)3-10-2)11-4-12(5)7(8)14/h4,10H,3,9H2,1-2H3,(H2,8,14). The van der Waals surface area contributed by atoms with Gasteiger partial charge in [0.15, 0.2) is 5.82 Å². The SMILES string of the molecule is CNCN(N)c1ncn(C(N)=O)c1C. The van der Waals surface area contributed by atoms with Crippen molar-refractivity contribution in [1.82, 2.24) is 14.9 Å². The molecule has 1 aromatic heterocycles. The minimum Gasteiger partial charge on any atom is -0.351 e. The topological polar surface area (TPSA) is 102 Å². The van der Waals surface area contributed by atoms with Gasteiger partial charge in [0.2, 0.25) is 0 Å². The molecule has 1 aromatic rings. The molecule has 1 heterocycles. The Bertz CT molecular complexity index is 333. The number of aromatic nitrogens is 2. The molecule has 0 saturated carbocycles. The van der Waals surface area contributed by atoms with Crippen LogP contribution < -0.4 is 21.9 Å². The number of rotatable bonds is 3. The average molecular weight is 198 g/mol. The van der Waals surface area contributed by atoms with Gasteiger partial charge in [-0.15, -0.1) is 0 Å². The Labute approximate surface area is 81.7 Å². The Morgan fingerprint density at radius 2 is 2.43 bits per heavy atom. The Hall–Kier alpha value is -1.60. The lowest BCUT2D eigenvalue weighted by atomic mass is 10.4. The molecule has 78 valence electrons. The summed E-state index contributed by atoms with van der Waals surface area (Å²) in [6, 6.07) is -0.570. The minimum absolute atomic E-state index is 0.441. The van der Waals surface area contributed by atoms with Crippen molar-refractivity contribution in [3.05, 3.63) is 12.0 Å². The molecule has 1 amide bonds. The van der Waals surface area contributed by atoms with E-state index in [2.05, 4.69) is 10.3 Å². The summed E-state index contributed by atoms with van der Waals surface area (Å²) < 4.78 is 1.24. The maximum absolute atomic E-state index is 10.9. The first-order valence-electron chi connectivity index (χ1n) is 4.08. The largest absolute Gasteiger partial charge is 0.351 e. The average Bonchev–Trinajstić information content (AvgIpc) is 2.47. The van der Waals surface area contributed by atoms with Gasteiger partial charge in [0.1, 0.15) is 6.33 Å². The fourth-order valence-corrected chi connectivity index (χ4v) is 1.15. The first-order chi connectivity index (χ1) is 6.57. The number of nitrogens with two attached hydrogens (primary N) is 2. The lowest BCUT2D eigenvalue weighted by molar-refractivity contribution is 0.250. The molecule has 0 fully saturated rings. The minimum atomic E-state index is -0.570. The van der Waals surface area contributed by atoms with Crippen LogP contribution in [0.2, 0.25) is 0 Å². The molecule has 0 aliphatic carbocycles. The summed E-state index contributed by atoms with van der Waals surface area (Å²) in [5.74, 6) is 6.19. The third kappa shape index (κ3) is 1.83. The van der Waals surface area contributed by atoms with E-state index in [1.165, 1.54) is 15.9 Å². The molecule has 5 N–H and O–H groups in total. The molecule has 7 nitrogen and oxygen atoms in total. The van der Waals surface area contributed by atoms with Crippen LogP contribution in [0.15, 0.2) is 6.33 Å². The van der Waals surface area contributed by atoms with Gasteiger partial charge in [-0.05, 0) is 14.0 Å². The van der Waals surface area contributed by atoms with Crippen molar-refractivity contribution in [2.75, 3.05) is 18.7 Å². The van der Waals surface area contributed by atoms with Crippen molar-refractivity contribution in [1.29, 1.82) is 0 Å². The van der Waals surface area contributed by atoms with Crippen LogP contribution in [0, 0.1) is 6.92 Å². The van der Waals surface area contributed by atoms with E-state index in [9.17, 15) is 4.79 Å². The zero-order valence-corrected chi connectivity index (χ0v) is 8.19. The quantitative estimate of drug-likeness (QED) is 0.327. The molecule has 0 radical (unpaired) electrons. The predicted octanol–water partition coefficient (Wildman–Crippen LogP) is -1.02. The molecule has 0 aliphatic heterocycles. The molecular weight excluding hydrogens is 184 g/mol. The van der Waals surface area contributed by atoms with E-state index in [0.717, 1.165) is 0 Å². The summed E-state index contributed by atoms with van der Waals surface area (Å²) >= 11 is 0. The number of hydrogen-bond donors (Lipinski definition) is 3. The predicted molar refractivity (Wildman–Crippen MR) is 52.5 cm³/mol. The highest BCUT2D eigenvalue weighted by Crippen LogP contribution is 2.13. The molecule has 0 aromatic carbocycles. The van der Waals surface area contributed by atoms with Gasteiger partial charge in [0, 0.05) is 0 Å². The van der Waals surface area contributed by atoms with Gasteiger partial charge < -0.3 is 11.1 Å². The van der Waals surface area contributed by atoms with E-state index in [1.807, 2.05) is 0 Å². The Morgan fingerprint density at radius 1 is 1.79 bits per heavy atom. The normalized spacial score (nSPS) is 10.2. The monoisotopic (exact) mass is 198 g/mol. The van der Waals surface area contributed by atoms with Crippen LogP contribution in [0.25, 0.3) is 0 Å². The van der Waals surface area contributed by atoms with Gasteiger partial charge in [-0.3, -0.25) is 9.58 Å². The first-order valence-corrected chi connectivity index (χ1v) is 4.08. The lowest BCUT2D eigenvalue weighted by Crippen LogP contribution is -2.39. The summed E-state index contributed by atoms with van der Waals surface area (Å²) in [5.41, 5.74) is 5.73. The number of hydrazine groups is 1. The molecule has 1 rings (SSSR count). The first kappa shape index (κ1) is 10.5. The van der Waals surface area contributed by atoms with E-state index < -0.39 is 6.03 Å². The zero-order chi connectivity index (χ0) is 10.7. The number of nitrogens with zero attached hydrogens (tertiary/aromatic N) is 3. The van der Waals surface area contributed by atoms with E-state index >= 15 is 0 Å². The van der Waals surface area contributed by atoms with Crippen molar-refractivity contribution in [3.63, 3.8) is 0 Å². The smallest absolute Gasteiger partial charge is 0.324 e. The molecule has 0 aliphatic rings. The van der Waals surface area contributed by atoms with Gasteiger partial charge in [-0.25, -0.2) is 15.6 Å². The summed E-state index contributed by atoms with van der Waals surface area (Å²) in [5, 5.41) is 4.26. The van der Waals surface area contributed by atoms with Crippen LogP contribution in [0.3, 0.4) is 0 Å². The number of nitrogens with one attached hydrogen (secondary N) is 1. The number of hydrogen-bond acceptors (Lipinski definition) is 5. The van der Waals surface area contributed by atoms with Crippen molar-refractivity contribution < 1.29 is 4.79 Å². The molecule has 7 heteroatoms. The Kier molecular flexibility index (Phi) is 3.05. The molecule has 14 heavy (non-hydrogen) atoms. The molecular formula is C7H14N6O. The van der Waals surface area contributed by atoms with Crippen LogP contribution in [-0.4, -0.2) is 29.3 Å². The van der Waals surface area contributed by atoms with Gasteiger partial charge in [-0.1, -0.05) is 0 Å². The summed E-state index contributed by atoms with van der Waals surface area (Å²) in [6.45, 7) is 2.17. The van der Waals surface area contributed by atoms with Gasteiger partial charge in [0.05, 0.1) is 12.4 Å². The fraction of sp³-hybridized carbons (Fsp3) is 0.429. The van der Waals surface area contributed by atoms with Crippen LogP contribution in [0.5, 0.6) is 0 Å². The second-order valence-corrected chi connectivity index (χ2v) is 2.84. The molecule has 0 spiro atoms. The third-order valence-electron chi connectivity index (χ3n) is 1.82. The molecule has 0 bridgehead atoms. The van der Waals surface area contributed by atoms with E-state index in [0.29, 0.717) is 18.2 Å². The second-order valence-electron chi connectivity index (χ2n) is 2.84. The van der Waals surface area contributed by atoms with Crippen molar-refractivity contribution in [2.24, 2.45) is 11.6 Å². The maximum Gasteiger partial charge on any atom is 0.324 e. The van der Waals surface area contributed by atoms with Crippen molar-refractivity contribution >= 4 is 11.8 Å². The lowest BCUT2D eigenvalue weighted by Gasteiger charge is -2.15. The summed E-state index contributed by atoms with van der Waals surface area (Å²) in [6.07, 6.45) is 1.35. The molecule has 0 saturated heterocycles.